The number of nitrogens with one attached hydrogen (secondary N) is 2. The lowest BCUT2D eigenvalue weighted by molar-refractivity contribution is -0.120. The van der Waals surface area contributed by atoms with Crippen LogP contribution in [0, 0.1) is 0 Å². The third-order valence-electron chi connectivity index (χ3n) is 5.22. The maximum absolute atomic E-state index is 11.7. The highest BCUT2D eigenvalue weighted by atomic mass is 16.5. The first-order valence-electron chi connectivity index (χ1n) is 9.29. The number of carbonyl (C=O) groups excluding carboxylic acids is 2. The topological polar surface area (TPSA) is 119 Å². The molecule has 0 unspecified atom stereocenters. The first kappa shape index (κ1) is 18.6. The summed E-state index contributed by atoms with van der Waals surface area (Å²) in [6.07, 6.45) is 8.55. The van der Waals surface area contributed by atoms with Gasteiger partial charge in [-0.05, 0) is 38.5 Å². The lowest BCUT2D eigenvalue weighted by Crippen LogP contribution is -2.31. The van der Waals surface area contributed by atoms with Crippen molar-refractivity contribution in [2.45, 2.75) is 69.6 Å². The van der Waals surface area contributed by atoms with E-state index >= 15 is 0 Å². The minimum absolute atomic E-state index is 0.0192. The van der Waals surface area contributed by atoms with E-state index in [2.05, 4.69) is 20.6 Å². The van der Waals surface area contributed by atoms with E-state index in [1.165, 1.54) is 6.20 Å². The Morgan fingerprint density at radius 2 is 1.96 bits per heavy atom. The molecule has 0 radical (unpaired) electrons. The van der Waals surface area contributed by atoms with Crippen LogP contribution in [0.1, 0.15) is 61.7 Å². The third kappa shape index (κ3) is 4.69. The van der Waals surface area contributed by atoms with E-state index in [0.29, 0.717) is 30.7 Å². The zero-order chi connectivity index (χ0) is 18.5. The van der Waals surface area contributed by atoms with Crippen LogP contribution in [-0.4, -0.2) is 47.0 Å². The van der Waals surface area contributed by atoms with Gasteiger partial charge < -0.3 is 21.1 Å². The number of nitrogens with two attached hydrogens (primary N) is 1. The van der Waals surface area contributed by atoms with Crippen molar-refractivity contribution < 1.29 is 14.3 Å². The summed E-state index contributed by atoms with van der Waals surface area (Å²) in [5.41, 5.74) is 5.70. The number of primary amides is 1. The number of nitrogens with zero attached hydrogens (tertiary/aromatic N) is 2. The van der Waals surface area contributed by atoms with E-state index in [-0.39, 0.29) is 23.4 Å². The van der Waals surface area contributed by atoms with Crippen molar-refractivity contribution in [2.24, 2.45) is 5.73 Å². The van der Waals surface area contributed by atoms with Crippen LogP contribution >= 0.6 is 0 Å². The van der Waals surface area contributed by atoms with Crippen molar-refractivity contribution in [1.29, 1.82) is 0 Å². The average Bonchev–Trinajstić information content (AvgIpc) is 2.62. The van der Waals surface area contributed by atoms with E-state index in [0.717, 1.165) is 38.5 Å². The number of amides is 1. The van der Waals surface area contributed by atoms with E-state index in [4.69, 9.17) is 10.5 Å². The summed E-state index contributed by atoms with van der Waals surface area (Å²) >= 11 is 0. The molecule has 2 aliphatic carbocycles. The first-order valence-corrected chi connectivity index (χ1v) is 9.29. The Morgan fingerprint density at radius 1 is 1.19 bits per heavy atom. The lowest BCUT2D eigenvalue weighted by atomic mass is 9.93. The minimum Gasteiger partial charge on any atom is -0.381 e. The SMILES string of the molecule is COC1CCC(Nc2ncc(C(N)=O)c(N[C@H]3CCCC(=O)C3)n2)CC1. The van der Waals surface area contributed by atoms with Gasteiger partial charge in [0.05, 0.1) is 11.7 Å². The summed E-state index contributed by atoms with van der Waals surface area (Å²) in [6, 6.07) is 0.263. The van der Waals surface area contributed by atoms with Gasteiger partial charge in [-0.3, -0.25) is 9.59 Å². The summed E-state index contributed by atoms with van der Waals surface area (Å²) in [5.74, 6) is 0.527. The van der Waals surface area contributed by atoms with E-state index in [9.17, 15) is 9.59 Å². The largest absolute Gasteiger partial charge is 0.381 e. The van der Waals surface area contributed by atoms with Crippen molar-refractivity contribution in [1.82, 2.24) is 9.97 Å². The second-order valence-electron chi connectivity index (χ2n) is 7.15. The van der Waals surface area contributed by atoms with Gasteiger partial charge in [-0.2, -0.15) is 4.98 Å². The van der Waals surface area contributed by atoms with Crippen LogP contribution in [0.4, 0.5) is 11.8 Å². The standard InChI is InChI=1S/C18H27N5O3/c1-26-14-7-5-11(6-8-14)22-18-20-10-15(16(19)25)17(23-18)21-12-3-2-4-13(24)9-12/h10-12,14H,2-9H2,1H3,(H2,19,25)(H2,20,21,22,23)/t11?,12-,14?/m0/s1. The number of methoxy groups -OCH3 is 1. The molecule has 1 heterocycles. The Hall–Kier alpha value is -2.22. The fourth-order valence-electron chi connectivity index (χ4n) is 3.71. The average molecular weight is 361 g/mol. The number of anilines is 2. The summed E-state index contributed by atoms with van der Waals surface area (Å²) in [5, 5.41) is 6.56. The molecular weight excluding hydrogens is 334 g/mol. The van der Waals surface area contributed by atoms with Gasteiger partial charge in [0, 0.05) is 38.2 Å². The molecule has 1 aromatic rings. The van der Waals surface area contributed by atoms with Crippen LogP contribution in [0.2, 0.25) is 0 Å². The van der Waals surface area contributed by atoms with Crippen molar-refractivity contribution in [3.05, 3.63) is 11.8 Å². The molecule has 0 aromatic carbocycles. The van der Waals surface area contributed by atoms with Crippen molar-refractivity contribution >= 4 is 23.5 Å². The molecule has 4 N–H and O–H groups in total. The van der Waals surface area contributed by atoms with Gasteiger partial charge in [0.2, 0.25) is 5.95 Å². The van der Waals surface area contributed by atoms with Crippen molar-refractivity contribution in [3.8, 4) is 0 Å². The molecule has 1 amide bonds. The highest BCUT2D eigenvalue weighted by molar-refractivity contribution is 5.97. The molecule has 2 fully saturated rings. The summed E-state index contributed by atoms with van der Waals surface area (Å²) < 4.78 is 5.40. The van der Waals surface area contributed by atoms with Gasteiger partial charge >= 0.3 is 0 Å². The summed E-state index contributed by atoms with van der Waals surface area (Å²) in [7, 11) is 1.75. The number of hydrogen-bond donors (Lipinski definition) is 3. The second kappa shape index (κ2) is 8.44. The molecule has 0 aliphatic heterocycles. The van der Waals surface area contributed by atoms with Crippen molar-refractivity contribution in [2.75, 3.05) is 17.7 Å². The monoisotopic (exact) mass is 361 g/mol. The molecule has 2 saturated carbocycles. The fraction of sp³-hybridized carbons (Fsp3) is 0.667. The maximum Gasteiger partial charge on any atom is 0.254 e. The summed E-state index contributed by atoms with van der Waals surface area (Å²) in [6.45, 7) is 0. The molecule has 2 aliphatic rings. The lowest BCUT2D eigenvalue weighted by Gasteiger charge is -2.28. The van der Waals surface area contributed by atoms with Gasteiger partial charge in [-0.1, -0.05) is 0 Å². The molecule has 8 nitrogen and oxygen atoms in total. The highest BCUT2D eigenvalue weighted by Crippen LogP contribution is 2.25. The maximum atomic E-state index is 11.7. The van der Waals surface area contributed by atoms with Crippen LogP contribution in [0.15, 0.2) is 6.20 Å². The van der Waals surface area contributed by atoms with Crippen LogP contribution in [0.5, 0.6) is 0 Å². The fourth-order valence-corrected chi connectivity index (χ4v) is 3.71. The minimum atomic E-state index is -0.582. The quantitative estimate of drug-likeness (QED) is 0.707. The number of hydrogen-bond acceptors (Lipinski definition) is 7. The number of rotatable bonds is 6. The van der Waals surface area contributed by atoms with Gasteiger partial charge in [0.15, 0.2) is 0 Å². The number of aromatic nitrogens is 2. The number of carbonyl (C=O) groups is 2. The van der Waals surface area contributed by atoms with E-state index in [1.54, 1.807) is 7.11 Å². The smallest absolute Gasteiger partial charge is 0.254 e. The Morgan fingerprint density at radius 3 is 2.62 bits per heavy atom. The second-order valence-corrected chi connectivity index (χ2v) is 7.15. The van der Waals surface area contributed by atoms with Crippen LogP contribution in [0.3, 0.4) is 0 Å². The molecule has 0 spiro atoms. The Labute approximate surface area is 153 Å². The van der Waals surface area contributed by atoms with Gasteiger partial charge in [-0.25, -0.2) is 4.98 Å². The number of Topliss-reactive ketones (excluding diaryl/α,β-unsaturated/α-hetero) is 1. The Bertz CT molecular complexity index is 658. The summed E-state index contributed by atoms with van der Waals surface area (Å²) in [4.78, 5) is 32.1. The molecule has 1 aromatic heterocycles. The highest BCUT2D eigenvalue weighted by Gasteiger charge is 2.24. The van der Waals surface area contributed by atoms with Gasteiger partial charge in [0.1, 0.15) is 11.6 Å². The Kier molecular flexibility index (Phi) is 6.03. The van der Waals surface area contributed by atoms with Gasteiger partial charge in [0.25, 0.3) is 5.91 Å². The number of ketones is 1. The molecule has 0 saturated heterocycles. The predicted octanol–water partition coefficient (Wildman–Crippen LogP) is 1.87. The number of ether oxygens (including phenoxy) is 1. The van der Waals surface area contributed by atoms with Crippen LogP contribution in [0.25, 0.3) is 0 Å². The van der Waals surface area contributed by atoms with Gasteiger partial charge in [-0.15, -0.1) is 0 Å². The molecule has 8 heteroatoms. The van der Waals surface area contributed by atoms with Crippen LogP contribution in [-0.2, 0) is 9.53 Å². The Balaban J connectivity index is 1.69. The van der Waals surface area contributed by atoms with E-state index in [1.807, 2.05) is 0 Å². The molecule has 1 atom stereocenters. The third-order valence-corrected chi connectivity index (χ3v) is 5.22. The molecule has 142 valence electrons. The molecule has 0 bridgehead atoms. The van der Waals surface area contributed by atoms with Crippen molar-refractivity contribution in [3.63, 3.8) is 0 Å². The normalized spacial score (nSPS) is 26.3. The molecule has 3 rings (SSSR count). The predicted molar refractivity (Wildman–Crippen MR) is 98.1 cm³/mol. The zero-order valence-corrected chi connectivity index (χ0v) is 15.2. The molecular formula is C18H27N5O3. The zero-order valence-electron chi connectivity index (χ0n) is 15.2. The first-order chi connectivity index (χ1) is 12.5. The van der Waals surface area contributed by atoms with Crippen LogP contribution < -0.4 is 16.4 Å². The van der Waals surface area contributed by atoms with E-state index < -0.39 is 5.91 Å². The molecule has 26 heavy (non-hydrogen) atoms.